The van der Waals surface area contributed by atoms with E-state index in [1.165, 1.54) is 91.8 Å². The second kappa shape index (κ2) is 16.0. The molecule has 1 nitrogen and oxygen atoms in total. The normalized spacial score (nSPS) is 11.4. The largest absolute Gasteiger partial charge is 0.309 e. The molecule has 0 N–H and O–H groups in total. The zero-order chi connectivity index (χ0) is 42.4. The Morgan fingerprint density at radius 2 is 0.750 bits per heavy atom. The van der Waals surface area contributed by atoms with Gasteiger partial charge in [0.15, 0.2) is 0 Å². The fourth-order valence-corrected chi connectivity index (χ4v) is 10.9. The Hall–Kier alpha value is -8.04. The molecule has 0 atom stereocenters. The molecule has 1 aromatic heterocycles. The Morgan fingerprint density at radius 3 is 1.38 bits per heavy atom. The van der Waals surface area contributed by atoms with Crippen LogP contribution in [-0.4, -0.2) is 0 Å². The van der Waals surface area contributed by atoms with Gasteiger partial charge in [0.1, 0.15) is 0 Å². The number of hydrogen-bond donors (Lipinski definition) is 0. The van der Waals surface area contributed by atoms with E-state index in [9.17, 15) is 0 Å². The van der Waals surface area contributed by atoms with Crippen molar-refractivity contribution in [3.05, 3.63) is 249 Å². The van der Waals surface area contributed by atoms with Gasteiger partial charge in [-0.25, -0.2) is 0 Å². The summed E-state index contributed by atoms with van der Waals surface area (Å²) in [5.41, 5.74) is 15.4. The van der Waals surface area contributed by atoms with E-state index in [4.69, 9.17) is 0 Å². The van der Waals surface area contributed by atoms with E-state index in [0.29, 0.717) is 0 Å². The number of benzene rings is 11. The van der Waals surface area contributed by atoms with Crippen molar-refractivity contribution in [2.24, 2.45) is 0 Å². The van der Waals surface area contributed by atoms with Crippen LogP contribution in [0.4, 0.5) is 17.1 Å². The molecule has 12 aromatic rings. The van der Waals surface area contributed by atoms with Crippen molar-refractivity contribution in [1.29, 1.82) is 0 Å². The molecule has 0 spiro atoms. The summed E-state index contributed by atoms with van der Waals surface area (Å²) in [5, 5.41) is 7.55. The van der Waals surface area contributed by atoms with Gasteiger partial charge in [0, 0.05) is 37.0 Å². The molecule has 0 radical (unpaired) electrons. The Bertz CT molecular complexity index is 3570. The summed E-state index contributed by atoms with van der Waals surface area (Å²) in [5.74, 6) is 0. The number of para-hydroxylation sites is 1. The topological polar surface area (TPSA) is 3.24 Å². The Morgan fingerprint density at radius 1 is 0.281 bits per heavy atom. The van der Waals surface area contributed by atoms with Crippen LogP contribution in [0.3, 0.4) is 0 Å². The quantitative estimate of drug-likeness (QED) is 0.138. The van der Waals surface area contributed by atoms with Crippen molar-refractivity contribution < 1.29 is 0 Å². The molecule has 64 heavy (non-hydrogen) atoms. The predicted molar refractivity (Wildman–Crippen MR) is 276 cm³/mol. The van der Waals surface area contributed by atoms with Gasteiger partial charge in [-0.05, 0) is 102 Å². The van der Waals surface area contributed by atoms with Crippen LogP contribution >= 0.6 is 11.3 Å². The molecule has 0 saturated heterocycles. The molecule has 1 heterocycles. The van der Waals surface area contributed by atoms with Gasteiger partial charge in [-0.3, -0.25) is 0 Å². The summed E-state index contributed by atoms with van der Waals surface area (Å²) in [6.45, 7) is 0. The molecule has 0 bridgehead atoms. The molecule has 0 aliphatic rings. The number of hydrogen-bond acceptors (Lipinski definition) is 2. The minimum absolute atomic E-state index is 1.09. The Kier molecular flexibility index (Phi) is 9.43. The van der Waals surface area contributed by atoms with Gasteiger partial charge in [-0.2, -0.15) is 0 Å². The van der Waals surface area contributed by atoms with Crippen LogP contribution in [0.2, 0.25) is 0 Å². The number of anilines is 3. The summed E-state index contributed by atoms with van der Waals surface area (Å²) in [6.07, 6.45) is 0. The van der Waals surface area contributed by atoms with Crippen molar-refractivity contribution in [2.75, 3.05) is 4.90 Å². The lowest BCUT2D eigenvalue weighted by molar-refractivity contribution is 1.30. The van der Waals surface area contributed by atoms with Crippen molar-refractivity contribution in [2.45, 2.75) is 0 Å². The maximum atomic E-state index is 2.52. The highest BCUT2D eigenvalue weighted by molar-refractivity contribution is 7.26. The van der Waals surface area contributed by atoms with Crippen LogP contribution < -0.4 is 4.90 Å². The molecule has 300 valence electrons. The standard InChI is InChI=1S/C62H41NS/c1-5-19-43(20-6-1)49-30-17-31-50(44-21-7-2-8-22-44)62(49)63(56-32-18-34-58-61(56)54-29-15-16-33-57(54)64-58)48-38-35-42(36-39-48)47-37-40-52-51-27-13-14-28-53(51)59(45-23-9-3-10-24-45)60(55(52)41-47)46-25-11-4-12-26-46/h1-41H. The van der Waals surface area contributed by atoms with Gasteiger partial charge in [-0.1, -0.05) is 212 Å². The second-order valence-corrected chi connectivity index (χ2v) is 17.4. The molecule has 12 rings (SSSR count). The summed E-state index contributed by atoms with van der Waals surface area (Å²) in [6, 6.07) is 91.0. The van der Waals surface area contributed by atoms with E-state index in [0.717, 1.165) is 22.6 Å². The van der Waals surface area contributed by atoms with E-state index in [-0.39, 0.29) is 0 Å². The molecule has 0 amide bonds. The third-order valence-electron chi connectivity index (χ3n) is 12.7. The van der Waals surface area contributed by atoms with Crippen LogP contribution in [-0.2, 0) is 0 Å². The number of fused-ring (bicyclic) bond motifs is 6. The minimum atomic E-state index is 1.09. The maximum absolute atomic E-state index is 2.52. The highest BCUT2D eigenvalue weighted by Crippen LogP contribution is 2.51. The van der Waals surface area contributed by atoms with E-state index >= 15 is 0 Å². The van der Waals surface area contributed by atoms with Crippen molar-refractivity contribution in [3.63, 3.8) is 0 Å². The van der Waals surface area contributed by atoms with Crippen molar-refractivity contribution in [3.8, 4) is 55.6 Å². The average molecular weight is 832 g/mol. The van der Waals surface area contributed by atoms with Gasteiger partial charge in [0.2, 0.25) is 0 Å². The van der Waals surface area contributed by atoms with Crippen molar-refractivity contribution in [1.82, 2.24) is 0 Å². The molecule has 2 heteroatoms. The van der Waals surface area contributed by atoms with Crippen LogP contribution in [0, 0.1) is 0 Å². The second-order valence-electron chi connectivity index (χ2n) is 16.4. The zero-order valence-corrected chi connectivity index (χ0v) is 35.8. The first kappa shape index (κ1) is 37.7. The summed E-state index contributed by atoms with van der Waals surface area (Å²) in [7, 11) is 0. The third kappa shape index (κ3) is 6.47. The summed E-state index contributed by atoms with van der Waals surface area (Å²) in [4.78, 5) is 2.52. The average Bonchev–Trinajstić information content (AvgIpc) is 3.77. The molecule has 0 aliphatic heterocycles. The number of rotatable bonds is 8. The van der Waals surface area contributed by atoms with Gasteiger partial charge >= 0.3 is 0 Å². The molecule has 0 fully saturated rings. The molecule has 0 aliphatic carbocycles. The molecule has 0 saturated carbocycles. The molecular formula is C62H41NS. The Labute approximate surface area is 377 Å². The highest BCUT2D eigenvalue weighted by Gasteiger charge is 2.25. The van der Waals surface area contributed by atoms with E-state index in [1.54, 1.807) is 0 Å². The minimum Gasteiger partial charge on any atom is -0.309 e. The first-order valence-corrected chi connectivity index (χ1v) is 22.7. The predicted octanol–water partition coefficient (Wildman–Crippen LogP) is 18.2. The lowest BCUT2D eigenvalue weighted by Crippen LogP contribution is -2.13. The fraction of sp³-hybridized carbons (Fsp3) is 0. The van der Waals surface area contributed by atoms with E-state index in [2.05, 4.69) is 254 Å². The molecule has 11 aromatic carbocycles. The first-order chi connectivity index (χ1) is 31.8. The lowest BCUT2D eigenvalue weighted by atomic mass is 9.84. The molecular weight excluding hydrogens is 791 g/mol. The van der Waals surface area contributed by atoms with Crippen LogP contribution in [0.1, 0.15) is 0 Å². The van der Waals surface area contributed by atoms with Gasteiger partial charge < -0.3 is 4.90 Å². The summed E-state index contributed by atoms with van der Waals surface area (Å²) < 4.78 is 2.56. The Balaban J connectivity index is 1.09. The van der Waals surface area contributed by atoms with Crippen LogP contribution in [0.5, 0.6) is 0 Å². The highest BCUT2D eigenvalue weighted by atomic mass is 32.1. The SMILES string of the molecule is c1ccc(-c2cccc(-c3ccccc3)c2N(c2ccc(-c3ccc4c(c3)c(-c3ccccc3)c(-c3ccccc3)c3ccccc34)cc2)c2cccc3sc4ccccc4c23)cc1. The summed E-state index contributed by atoms with van der Waals surface area (Å²) >= 11 is 1.86. The monoisotopic (exact) mass is 831 g/mol. The van der Waals surface area contributed by atoms with Crippen LogP contribution in [0.25, 0.3) is 97.4 Å². The lowest BCUT2D eigenvalue weighted by Gasteiger charge is -2.31. The smallest absolute Gasteiger partial charge is 0.0618 e. The van der Waals surface area contributed by atoms with Crippen molar-refractivity contribution >= 4 is 70.1 Å². The number of nitrogens with zero attached hydrogens (tertiary/aromatic N) is 1. The van der Waals surface area contributed by atoms with E-state index in [1.807, 2.05) is 11.3 Å². The van der Waals surface area contributed by atoms with E-state index < -0.39 is 0 Å². The van der Waals surface area contributed by atoms with Crippen LogP contribution in [0.15, 0.2) is 249 Å². The fourth-order valence-electron chi connectivity index (χ4n) is 9.80. The third-order valence-corrected chi connectivity index (χ3v) is 13.8. The zero-order valence-electron chi connectivity index (χ0n) is 35.0. The van der Waals surface area contributed by atoms with Gasteiger partial charge in [0.25, 0.3) is 0 Å². The number of thiophene rings is 1. The first-order valence-electron chi connectivity index (χ1n) is 21.9. The maximum Gasteiger partial charge on any atom is 0.0618 e. The van der Waals surface area contributed by atoms with Gasteiger partial charge in [-0.15, -0.1) is 11.3 Å². The molecule has 0 unspecified atom stereocenters. The van der Waals surface area contributed by atoms with Gasteiger partial charge in [0.05, 0.1) is 11.4 Å².